The number of hydrogen-bond donors (Lipinski definition) is 2. The van der Waals surface area contributed by atoms with E-state index < -0.39 is 18.3 Å². The van der Waals surface area contributed by atoms with Crippen LogP contribution in [0, 0.1) is 0 Å². The summed E-state index contributed by atoms with van der Waals surface area (Å²) in [5.41, 5.74) is 0.597. The molecule has 1 aliphatic heterocycles. The van der Waals surface area contributed by atoms with E-state index in [4.69, 9.17) is 16.7 Å². The zero-order chi connectivity index (χ0) is 18.1. The van der Waals surface area contributed by atoms with Crippen molar-refractivity contribution in [3.63, 3.8) is 0 Å². The number of halogens is 2. The zero-order valence-electron chi connectivity index (χ0n) is 14.0. The number of hydrogen-bond acceptors (Lipinski definition) is 5. The first-order valence-corrected chi connectivity index (χ1v) is 8.58. The Morgan fingerprint density at radius 3 is 3.00 bits per heavy atom. The number of piperidine rings is 1. The molecule has 0 radical (unpaired) electrons. The molecule has 3 atom stereocenters. The molecule has 1 saturated heterocycles. The minimum Gasteiger partial charge on any atom is -0.465 e. The summed E-state index contributed by atoms with van der Waals surface area (Å²) in [4.78, 5) is 20.5. The number of rotatable bonds is 4. The summed E-state index contributed by atoms with van der Waals surface area (Å²) >= 11 is 6.14. The van der Waals surface area contributed by atoms with E-state index in [0.29, 0.717) is 17.1 Å². The van der Waals surface area contributed by atoms with Crippen molar-refractivity contribution in [1.82, 2.24) is 24.5 Å². The van der Waals surface area contributed by atoms with Gasteiger partial charge in [-0.3, -0.25) is 0 Å². The number of aromatic nitrogens is 4. The third-order valence-electron chi connectivity index (χ3n) is 4.55. The monoisotopic (exact) mass is 370 g/mol. The molecule has 0 aromatic carbocycles. The van der Waals surface area contributed by atoms with Crippen molar-refractivity contribution in [2.75, 3.05) is 18.4 Å². The zero-order valence-corrected chi connectivity index (χ0v) is 14.7. The molecule has 0 spiro atoms. The van der Waals surface area contributed by atoms with Crippen LogP contribution in [0.1, 0.15) is 38.4 Å². The van der Waals surface area contributed by atoms with Crippen LogP contribution >= 0.6 is 11.6 Å². The van der Waals surface area contributed by atoms with Gasteiger partial charge in [0.25, 0.3) is 0 Å². The number of likely N-dealkylation sites (tertiary alicyclic amines) is 1. The highest BCUT2D eigenvalue weighted by molar-refractivity contribution is 6.32. The number of imidazole rings is 1. The van der Waals surface area contributed by atoms with Crippen LogP contribution in [-0.2, 0) is 0 Å². The van der Waals surface area contributed by atoms with Crippen molar-refractivity contribution in [1.29, 1.82) is 0 Å². The molecule has 136 valence electrons. The van der Waals surface area contributed by atoms with E-state index >= 15 is 0 Å². The van der Waals surface area contributed by atoms with Crippen molar-refractivity contribution < 1.29 is 14.3 Å². The van der Waals surface area contributed by atoms with Gasteiger partial charge in [-0.05, 0) is 12.8 Å². The minimum atomic E-state index is -1.33. The van der Waals surface area contributed by atoms with Gasteiger partial charge in [-0.25, -0.2) is 23.7 Å². The lowest BCUT2D eigenvalue weighted by molar-refractivity contribution is 0.101. The number of alkyl halides is 1. The highest BCUT2D eigenvalue weighted by Gasteiger charge is 2.32. The Hall–Kier alpha value is -2.16. The molecule has 0 aliphatic carbocycles. The molecule has 3 heterocycles. The Labute approximate surface area is 149 Å². The number of carbonyl (C=O) groups is 1. The average Bonchev–Trinajstić information content (AvgIpc) is 2.92. The smallest absolute Gasteiger partial charge is 0.407 e. The maximum Gasteiger partial charge on any atom is 0.407 e. The first-order chi connectivity index (χ1) is 11.9. The van der Waals surface area contributed by atoms with E-state index in [1.807, 2.05) is 13.8 Å². The summed E-state index contributed by atoms with van der Waals surface area (Å²) in [6.45, 7) is 4.18. The van der Waals surface area contributed by atoms with Crippen LogP contribution in [0.25, 0.3) is 5.52 Å². The van der Waals surface area contributed by atoms with E-state index in [-0.39, 0.29) is 25.0 Å². The van der Waals surface area contributed by atoms with Crippen molar-refractivity contribution in [3.8, 4) is 0 Å². The Balaban J connectivity index is 1.81. The van der Waals surface area contributed by atoms with E-state index in [1.165, 1.54) is 0 Å². The van der Waals surface area contributed by atoms with Crippen molar-refractivity contribution >= 4 is 29.2 Å². The van der Waals surface area contributed by atoms with Crippen LogP contribution < -0.4 is 5.32 Å². The molecule has 1 fully saturated rings. The van der Waals surface area contributed by atoms with Gasteiger partial charge in [0.1, 0.15) is 17.5 Å². The van der Waals surface area contributed by atoms with Crippen molar-refractivity contribution in [3.05, 3.63) is 17.2 Å². The topological polar surface area (TPSA) is 95.7 Å². The molecule has 2 aromatic rings. The number of carboxylic acid groups (broad SMARTS) is 1. The predicted octanol–water partition coefficient (Wildman–Crippen LogP) is 2.79. The lowest BCUT2D eigenvalue weighted by Gasteiger charge is -2.33. The van der Waals surface area contributed by atoms with E-state index in [0.717, 1.165) is 17.1 Å². The number of anilines is 1. The van der Waals surface area contributed by atoms with Crippen LogP contribution in [0.4, 0.5) is 15.1 Å². The van der Waals surface area contributed by atoms with Crippen LogP contribution in [-0.4, -0.2) is 61.0 Å². The quantitative estimate of drug-likeness (QED) is 0.859. The molecule has 2 aromatic heterocycles. The summed E-state index contributed by atoms with van der Waals surface area (Å²) in [5, 5.41) is 16.6. The molecule has 10 heteroatoms. The van der Waals surface area contributed by atoms with Crippen LogP contribution in [0.2, 0.25) is 5.15 Å². The van der Waals surface area contributed by atoms with E-state index in [9.17, 15) is 9.18 Å². The fraction of sp³-hybridized carbons (Fsp3) is 0.600. The number of amides is 1. The average molecular weight is 371 g/mol. The number of nitrogens with zero attached hydrogens (tertiary/aromatic N) is 5. The fourth-order valence-corrected chi connectivity index (χ4v) is 3.06. The van der Waals surface area contributed by atoms with Crippen molar-refractivity contribution in [2.24, 2.45) is 0 Å². The second-order valence-electron chi connectivity index (χ2n) is 6.23. The largest absolute Gasteiger partial charge is 0.465 e. The molecule has 25 heavy (non-hydrogen) atoms. The minimum absolute atomic E-state index is 0.162. The highest BCUT2D eigenvalue weighted by atomic mass is 35.5. The molecule has 3 rings (SSSR count). The van der Waals surface area contributed by atoms with Gasteiger partial charge in [0, 0.05) is 12.5 Å². The molecule has 1 unspecified atom stereocenters. The van der Waals surface area contributed by atoms with Gasteiger partial charge in [-0.1, -0.05) is 25.4 Å². The van der Waals surface area contributed by atoms with Crippen LogP contribution in [0.5, 0.6) is 0 Å². The lowest BCUT2D eigenvalue weighted by Crippen LogP contribution is -2.49. The Morgan fingerprint density at radius 2 is 2.36 bits per heavy atom. The number of fused-ring (bicyclic) bond motifs is 1. The fourth-order valence-electron chi connectivity index (χ4n) is 2.85. The molecule has 2 N–H and O–H groups in total. The Morgan fingerprint density at radius 1 is 1.60 bits per heavy atom. The third kappa shape index (κ3) is 3.46. The third-order valence-corrected chi connectivity index (χ3v) is 4.83. The van der Waals surface area contributed by atoms with E-state index in [1.54, 1.807) is 10.7 Å². The van der Waals surface area contributed by atoms with Gasteiger partial charge >= 0.3 is 6.09 Å². The molecule has 0 bridgehead atoms. The lowest BCUT2D eigenvalue weighted by atomic mass is 10.0. The summed E-state index contributed by atoms with van der Waals surface area (Å²) in [7, 11) is 0. The van der Waals surface area contributed by atoms with Gasteiger partial charge in [-0.2, -0.15) is 0 Å². The molecular weight excluding hydrogens is 351 g/mol. The Bertz CT molecular complexity index is 785. The van der Waals surface area contributed by atoms with Gasteiger partial charge in [-0.15, -0.1) is 5.10 Å². The second-order valence-corrected chi connectivity index (χ2v) is 6.59. The van der Waals surface area contributed by atoms with Crippen LogP contribution in [0.3, 0.4) is 0 Å². The summed E-state index contributed by atoms with van der Waals surface area (Å²) < 4.78 is 15.9. The maximum atomic E-state index is 14.3. The van der Waals surface area contributed by atoms with Gasteiger partial charge in [0.05, 0.1) is 18.8 Å². The summed E-state index contributed by atoms with van der Waals surface area (Å²) in [5.74, 6) is 1.16. The molecule has 8 nitrogen and oxygen atoms in total. The van der Waals surface area contributed by atoms with Crippen LogP contribution in [0.15, 0.2) is 6.20 Å². The molecule has 1 aliphatic rings. The highest BCUT2D eigenvalue weighted by Crippen LogP contribution is 2.25. The molecule has 0 saturated carbocycles. The van der Waals surface area contributed by atoms with Gasteiger partial charge < -0.3 is 15.3 Å². The summed E-state index contributed by atoms with van der Waals surface area (Å²) in [6.07, 6.45) is 0.339. The number of nitrogens with one attached hydrogen (secondary N) is 1. The summed E-state index contributed by atoms with van der Waals surface area (Å²) in [6, 6.07) is -0.543. The first kappa shape index (κ1) is 17.7. The maximum absolute atomic E-state index is 14.3. The Kier molecular flexibility index (Phi) is 4.94. The van der Waals surface area contributed by atoms with Gasteiger partial charge in [0.15, 0.2) is 5.15 Å². The standard InChI is InChI=1S/C15H20ClFN6O2/c1-3-8(2)13-20-12(16)11-6-18-14(21-23(11)13)19-10-4-5-22(15(24)25)7-9(10)17/h6,8-10H,3-5,7H2,1-2H3,(H,19,21)(H,24,25)/t8?,9-,10-/m1/s1. The van der Waals surface area contributed by atoms with Crippen molar-refractivity contribution in [2.45, 2.75) is 44.8 Å². The second kappa shape index (κ2) is 6.99. The predicted molar refractivity (Wildman–Crippen MR) is 91.0 cm³/mol. The first-order valence-electron chi connectivity index (χ1n) is 8.20. The van der Waals surface area contributed by atoms with Gasteiger partial charge in [0.2, 0.25) is 5.95 Å². The molecule has 1 amide bonds. The normalized spacial score (nSPS) is 22.2. The SMILES string of the molecule is CCC(C)c1nc(Cl)c2cnc(N[C@@H]3CCN(C(=O)O)C[C@H]3F)nn12. The molecular formula is C15H20ClFN6O2. The van der Waals surface area contributed by atoms with E-state index in [2.05, 4.69) is 20.4 Å².